The molecule has 0 saturated heterocycles. The van der Waals surface area contributed by atoms with Gasteiger partial charge in [0.15, 0.2) is 11.9 Å². The van der Waals surface area contributed by atoms with Crippen LogP contribution in [-0.4, -0.2) is 24.0 Å². The highest BCUT2D eigenvalue weighted by atomic mass is 16.6. The molecule has 0 spiro atoms. The molecular formula is C10H12N2O5. The lowest BCUT2D eigenvalue weighted by Gasteiger charge is -2.11. The highest BCUT2D eigenvalue weighted by molar-refractivity contribution is 5.78. The molecule has 7 nitrogen and oxygen atoms in total. The van der Waals surface area contributed by atoms with Gasteiger partial charge in [-0.05, 0) is 19.1 Å². The first-order chi connectivity index (χ1) is 7.95. The first kappa shape index (κ1) is 12.8. The van der Waals surface area contributed by atoms with Gasteiger partial charge in [0.1, 0.15) is 5.75 Å². The standard InChI is InChI=1S/C10H12N2O5/c1-6(10(11)13)17-9-4-3-7(16-2)5-8(9)12(14)15/h3-6H,1-2H3,(H2,11,13)/t6-/m0/s1. The molecule has 1 aromatic rings. The maximum atomic E-state index is 10.8. The van der Waals surface area contributed by atoms with Crippen LogP contribution in [0.2, 0.25) is 0 Å². The van der Waals surface area contributed by atoms with Crippen molar-refractivity contribution < 1.29 is 19.2 Å². The summed E-state index contributed by atoms with van der Waals surface area (Å²) in [5.41, 5.74) is 4.73. The Morgan fingerprint density at radius 1 is 1.53 bits per heavy atom. The van der Waals surface area contributed by atoms with Crippen molar-refractivity contribution in [1.82, 2.24) is 0 Å². The van der Waals surface area contributed by atoms with Gasteiger partial charge in [0.2, 0.25) is 0 Å². The molecule has 0 aliphatic carbocycles. The maximum absolute atomic E-state index is 10.8. The number of nitrogens with zero attached hydrogens (tertiary/aromatic N) is 1. The molecule has 0 unspecified atom stereocenters. The Bertz CT molecular complexity index is 446. The number of amides is 1. The maximum Gasteiger partial charge on any atom is 0.314 e. The van der Waals surface area contributed by atoms with E-state index in [9.17, 15) is 14.9 Å². The van der Waals surface area contributed by atoms with Crippen molar-refractivity contribution >= 4 is 11.6 Å². The van der Waals surface area contributed by atoms with Crippen LogP contribution in [0, 0.1) is 10.1 Å². The lowest BCUT2D eigenvalue weighted by Crippen LogP contribution is -2.30. The number of rotatable bonds is 5. The Hall–Kier alpha value is -2.31. The molecule has 0 aliphatic heterocycles. The van der Waals surface area contributed by atoms with Crippen LogP contribution in [0.1, 0.15) is 6.92 Å². The molecule has 1 aromatic carbocycles. The summed E-state index contributed by atoms with van der Waals surface area (Å²) >= 11 is 0. The van der Waals surface area contributed by atoms with Gasteiger partial charge in [-0.25, -0.2) is 0 Å². The molecule has 2 N–H and O–H groups in total. The van der Waals surface area contributed by atoms with E-state index in [2.05, 4.69) is 0 Å². The Labute approximate surface area is 97.3 Å². The lowest BCUT2D eigenvalue weighted by molar-refractivity contribution is -0.386. The molecule has 0 bridgehead atoms. The van der Waals surface area contributed by atoms with Crippen LogP contribution in [0.4, 0.5) is 5.69 Å². The Morgan fingerprint density at radius 3 is 2.65 bits per heavy atom. The van der Waals surface area contributed by atoms with E-state index in [4.69, 9.17) is 15.2 Å². The fourth-order valence-electron chi connectivity index (χ4n) is 1.12. The van der Waals surface area contributed by atoms with Crippen molar-refractivity contribution in [2.75, 3.05) is 7.11 Å². The van der Waals surface area contributed by atoms with Gasteiger partial charge in [0.05, 0.1) is 18.1 Å². The van der Waals surface area contributed by atoms with E-state index in [1.165, 1.54) is 32.2 Å². The van der Waals surface area contributed by atoms with E-state index in [-0.39, 0.29) is 11.4 Å². The molecule has 1 atom stereocenters. The number of hydrogen-bond acceptors (Lipinski definition) is 5. The van der Waals surface area contributed by atoms with Crippen LogP contribution in [0.15, 0.2) is 18.2 Å². The summed E-state index contributed by atoms with van der Waals surface area (Å²) < 4.78 is 9.96. The summed E-state index contributed by atoms with van der Waals surface area (Å²) in [7, 11) is 1.39. The summed E-state index contributed by atoms with van der Waals surface area (Å²) in [4.78, 5) is 21.0. The van der Waals surface area contributed by atoms with Crippen LogP contribution in [0.5, 0.6) is 11.5 Å². The minimum absolute atomic E-state index is 0.0258. The number of methoxy groups -OCH3 is 1. The SMILES string of the molecule is COc1ccc(O[C@@H](C)C(N)=O)c([N+](=O)[O-])c1. The van der Waals surface area contributed by atoms with Crippen molar-refractivity contribution in [2.45, 2.75) is 13.0 Å². The van der Waals surface area contributed by atoms with Gasteiger partial charge in [0.25, 0.3) is 5.91 Å². The van der Waals surface area contributed by atoms with Gasteiger partial charge < -0.3 is 15.2 Å². The van der Waals surface area contributed by atoms with Crippen molar-refractivity contribution in [3.05, 3.63) is 28.3 Å². The minimum Gasteiger partial charge on any atom is -0.496 e. The Morgan fingerprint density at radius 2 is 2.18 bits per heavy atom. The van der Waals surface area contributed by atoms with Gasteiger partial charge in [-0.1, -0.05) is 0 Å². The summed E-state index contributed by atoms with van der Waals surface area (Å²) in [6.07, 6.45) is -0.943. The van der Waals surface area contributed by atoms with Crippen molar-refractivity contribution in [3.63, 3.8) is 0 Å². The number of benzene rings is 1. The number of nitro groups is 1. The van der Waals surface area contributed by atoms with Gasteiger partial charge in [-0.15, -0.1) is 0 Å². The highest BCUT2D eigenvalue weighted by Crippen LogP contribution is 2.31. The molecule has 0 heterocycles. The molecule has 7 heteroatoms. The van der Waals surface area contributed by atoms with E-state index >= 15 is 0 Å². The summed E-state index contributed by atoms with van der Waals surface area (Å²) in [5.74, 6) is -0.395. The second kappa shape index (κ2) is 5.15. The highest BCUT2D eigenvalue weighted by Gasteiger charge is 2.20. The summed E-state index contributed by atoms with van der Waals surface area (Å²) in [6.45, 7) is 1.41. The third-order valence-electron chi connectivity index (χ3n) is 2.07. The monoisotopic (exact) mass is 240 g/mol. The third kappa shape index (κ3) is 3.07. The number of nitro benzene ring substituents is 1. The molecule has 0 radical (unpaired) electrons. The number of carbonyl (C=O) groups excluding carboxylic acids is 1. The Kier molecular flexibility index (Phi) is 3.86. The molecule has 0 aliphatic rings. The van der Waals surface area contributed by atoms with E-state index in [1.54, 1.807) is 0 Å². The smallest absolute Gasteiger partial charge is 0.314 e. The molecule has 0 aromatic heterocycles. The average molecular weight is 240 g/mol. The number of carbonyl (C=O) groups is 1. The molecule has 0 saturated carbocycles. The van der Waals surface area contributed by atoms with Crippen LogP contribution < -0.4 is 15.2 Å². The zero-order chi connectivity index (χ0) is 13.0. The van der Waals surface area contributed by atoms with E-state index in [1.807, 2.05) is 0 Å². The molecule has 92 valence electrons. The number of primary amides is 1. The number of nitrogens with two attached hydrogens (primary N) is 1. The zero-order valence-electron chi connectivity index (χ0n) is 9.38. The zero-order valence-corrected chi connectivity index (χ0v) is 9.38. The van der Waals surface area contributed by atoms with Crippen LogP contribution >= 0.6 is 0 Å². The number of ether oxygens (including phenoxy) is 2. The predicted octanol–water partition coefficient (Wildman–Crippen LogP) is 0.856. The average Bonchev–Trinajstić information content (AvgIpc) is 2.29. The topological polar surface area (TPSA) is 105 Å². The summed E-state index contributed by atoms with van der Waals surface area (Å²) in [5, 5.41) is 10.8. The fraction of sp³-hybridized carbons (Fsp3) is 0.300. The quantitative estimate of drug-likeness (QED) is 0.606. The second-order valence-corrected chi connectivity index (χ2v) is 3.25. The molecule has 0 fully saturated rings. The van der Waals surface area contributed by atoms with E-state index < -0.39 is 16.9 Å². The first-order valence-electron chi connectivity index (χ1n) is 4.74. The largest absolute Gasteiger partial charge is 0.496 e. The Balaban J connectivity index is 3.06. The van der Waals surface area contributed by atoms with Gasteiger partial charge in [0, 0.05) is 0 Å². The van der Waals surface area contributed by atoms with Crippen molar-refractivity contribution in [1.29, 1.82) is 0 Å². The van der Waals surface area contributed by atoms with Gasteiger partial charge in [-0.2, -0.15) is 0 Å². The third-order valence-corrected chi connectivity index (χ3v) is 2.07. The summed E-state index contributed by atoms with van der Waals surface area (Å²) in [6, 6.07) is 4.06. The molecular weight excluding hydrogens is 228 g/mol. The first-order valence-corrected chi connectivity index (χ1v) is 4.74. The number of hydrogen-bond donors (Lipinski definition) is 1. The molecule has 1 amide bonds. The van der Waals surface area contributed by atoms with Crippen LogP contribution in [0.25, 0.3) is 0 Å². The predicted molar refractivity (Wildman–Crippen MR) is 58.9 cm³/mol. The van der Waals surface area contributed by atoms with Crippen LogP contribution in [-0.2, 0) is 4.79 Å². The second-order valence-electron chi connectivity index (χ2n) is 3.25. The lowest BCUT2D eigenvalue weighted by atomic mass is 10.2. The van der Waals surface area contributed by atoms with Crippen molar-refractivity contribution in [3.8, 4) is 11.5 Å². The van der Waals surface area contributed by atoms with Gasteiger partial charge >= 0.3 is 5.69 Å². The van der Waals surface area contributed by atoms with Crippen LogP contribution in [0.3, 0.4) is 0 Å². The van der Waals surface area contributed by atoms with Gasteiger partial charge in [-0.3, -0.25) is 14.9 Å². The van der Waals surface area contributed by atoms with E-state index in [0.717, 1.165) is 0 Å². The molecule has 17 heavy (non-hydrogen) atoms. The fourth-order valence-corrected chi connectivity index (χ4v) is 1.12. The molecule has 1 rings (SSSR count). The van der Waals surface area contributed by atoms with Crippen molar-refractivity contribution in [2.24, 2.45) is 5.73 Å². The minimum atomic E-state index is -0.943. The van der Waals surface area contributed by atoms with E-state index in [0.29, 0.717) is 5.75 Å². The normalized spacial score (nSPS) is 11.6.